The Labute approximate surface area is 348 Å². The first-order chi connectivity index (χ1) is 29.0. The first kappa shape index (κ1) is 37.4. The zero-order valence-electron chi connectivity index (χ0n) is 33.9. The average Bonchev–Trinajstić information content (AvgIpc) is 3.78. The zero-order valence-corrected chi connectivity index (χ0v) is 33.9. The van der Waals surface area contributed by atoms with Crippen LogP contribution in [0.15, 0.2) is 231 Å². The van der Waals surface area contributed by atoms with Crippen LogP contribution in [0.25, 0.3) is 49.7 Å². The van der Waals surface area contributed by atoms with E-state index < -0.39 is 5.41 Å². The molecule has 1 aliphatic carbocycles. The first-order valence-electron chi connectivity index (χ1n) is 20.5. The first-order valence-corrected chi connectivity index (χ1v) is 20.5. The maximum atomic E-state index is 2.46. The molecule has 1 nitrogen and oxygen atoms in total. The van der Waals surface area contributed by atoms with Gasteiger partial charge in [0.15, 0.2) is 0 Å². The van der Waals surface area contributed by atoms with Crippen LogP contribution in [0, 0.1) is 20.8 Å². The molecular weight excluding hydrogens is 711 g/mol. The second kappa shape index (κ2) is 16.3. The summed E-state index contributed by atoms with van der Waals surface area (Å²) >= 11 is 0. The molecular formula is C58H47N. The fraction of sp³-hybridized carbons (Fsp3) is 0.0690. The quantitative estimate of drug-likeness (QED) is 0.168. The van der Waals surface area contributed by atoms with E-state index in [2.05, 4.69) is 219 Å². The molecule has 0 atom stereocenters. The summed E-state index contributed by atoms with van der Waals surface area (Å²) in [7, 11) is 0. The van der Waals surface area contributed by atoms with Crippen molar-refractivity contribution in [2.24, 2.45) is 0 Å². The molecule has 0 saturated carbocycles. The lowest BCUT2D eigenvalue weighted by Crippen LogP contribution is -2.28. The molecule has 59 heavy (non-hydrogen) atoms. The maximum Gasteiger partial charge on any atom is 0.0713 e. The highest BCUT2D eigenvalue weighted by Crippen LogP contribution is 2.56. The number of para-hydroxylation sites is 1. The Balaban J connectivity index is 0.000000272. The normalized spacial score (nSPS) is 12.1. The van der Waals surface area contributed by atoms with Crippen LogP contribution < -0.4 is 0 Å². The van der Waals surface area contributed by atoms with Gasteiger partial charge in [-0.2, -0.15) is 0 Å². The number of hydrogen-bond acceptors (Lipinski definition) is 0. The van der Waals surface area contributed by atoms with E-state index in [9.17, 15) is 0 Å². The molecule has 0 unspecified atom stereocenters. The van der Waals surface area contributed by atoms with Crippen LogP contribution in [0.5, 0.6) is 0 Å². The van der Waals surface area contributed by atoms with E-state index in [4.69, 9.17) is 0 Å². The number of hydrogen-bond donors (Lipinski definition) is 0. The number of benzene rings is 9. The van der Waals surface area contributed by atoms with Gasteiger partial charge in [0.05, 0.1) is 16.4 Å². The van der Waals surface area contributed by atoms with E-state index >= 15 is 0 Å². The Kier molecular flexibility index (Phi) is 10.3. The van der Waals surface area contributed by atoms with Crippen molar-refractivity contribution in [2.75, 3.05) is 0 Å². The average molecular weight is 758 g/mol. The molecule has 0 bridgehead atoms. The Morgan fingerprint density at radius 1 is 0.322 bits per heavy atom. The number of aryl methyl sites for hydroxylation is 3. The highest BCUT2D eigenvalue weighted by Gasteiger charge is 2.46. The summed E-state index contributed by atoms with van der Waals surface area (Å²) in [4.78, 5) is 0. The van der Waals surface area contributed by atoms with Crippen LogP contribution in [0.4, 0.5) is 0 Å². The van der Waals surface area contributed by atoms with Crippen LogP contribution in [-0.2, 0) is 5.41 Å². The van der Waals surface area contributed by atoms with Gasteiger partial charge in [0.1, 0.15) is 0 Å². The van der Waals surface area contributed by atoms with Gasteiger partial charge in [-0.1, -0.05) is 223 Å². The molecule has 1 aromatic heterocycles. The Bertz CT molecular complexity index is 2920. The topological polar surface area (TPSA) is 4.93 Å². The molecule has 0 fully saturated rings. The van der Waals surface area contributed by atoms with Crippen molar-refractivity contribution in [3.63, 3.8) is 0 Å². The summed E-state index contributed by atoms with van der Waals surface area (Å²) < 4.78 is 2.46. The number of rotatable bonds is 4. The minimum absolute atomic E-state index is 0.397. The number of nitrogens with zero attached hydrogens (tertiary/aromatic N) is 1. The predicted molar refractivity (Wildman–Crippen MR) is 251 cm³/mol. The van der Waals surface area contributed by atoms with Gasteiger partial charge in [-0.15, -0.1) is 0 Å². The van der Waals surface area contributed by atoms with E-state index in [-0.39, 0.29) is 0 Å². The van der Waals surface area contributed by atoms with Crippen LogP contribution >= 0.6 is 0 Å². The molecule has 9 aromatic carbocycles. The Morgan fingerprint density at radius 3 is 1.44 bits per heavy atom. The summed E-state index contributed by atoms with van der Waals surface area (Å²) in [5.41, 5.74) is 17.4. The molecule has 0 spiro atoms. The van der Waals surface area contributed by atoms with Gasteiger partial charge < -0.3 is 4.57 Å². The third-order valence-electron chi connectivity index (χ3n) is 11.6. The van der Waals surface area contributed by atoms with Crippen LogP contribution in [-0.4, -0.2) is 4.57 Å². The second-order valence-electron chi connectivity index (χ2n) is 15.5. The van der Waals surface area contributed by atoms with Gasteiger partial charge in [-0.25, -0.2) is 0 Å². The van der Waals surface area contributed by atoms with E-state index in [1.54, 1.807) is 0 Å². The van der Waals surface area contributed by atoms with Gasteiger partial charge in [-0.05, 0) is 89.5 Å². The molecule has 0 amide bonds. The molecule has 1 heteroatoms. The molecule has 10 aromatic rings. The number of fused-ring (bicyclic) bond motifs is 6. The van der Waals surface area contributed by atoms with E-state index in [0.717, 1.165) is 0 Å². The Morgan fingerprint density at radius 2 is 0.831 bits per heavy atom. The van der Waals surface area contributed by atoms with Gasteiger partial charge >= 0.3 is 0 Å². The van der Waals surface area contributed by atoms with Crippen molar-refractivity contribution >= 4 is 21.8 Å². The fourth-order valence-corrected chi connectivity index (χ4v) is 8.90. The van der Waals surface area contributed by atoms with Crippen molar-refractivity contribution in [3.05, 3.63) is 269 Å². The molecule has 0 radical (unpaired) electrons. The van der Waals surface area contributed by atoms with E-state index in [1.807, 2.05) is 36.4 Å². The second-order valence-corrected chi connectivity index (χ2v) is 15.5. The van der Waals surface area contributed by atoms with E-state index in [0.29, 0.717) is 0 Å². The number of aromatic nitrogens is 1. The molecule has 1 aliphatic rings. The molecule has 284 valence electrons. The monoisotopic (exact) mass is 757 g/mol. The molecule has 0 saturated heterocycles. The molecule has 1 heterocycles. The standard InChI is InChI=1S/C44H31N.2C7H8/c1-30-13-12-14-31(27-30)32-23-25-38-37-20-9-11-22-42(37)45(43(38)28-32)35-24-26-41-39(29-35)36-19-8-10-21-40(36)44(41,33-15-4-2-5-16-33)34-17-6-3-7-18-34;2*1-7-5-3-2-4-6-7/h2-29H,1H3;2*2-6H,1H3. The highest BCUT2D eigenvalue weighted by atomic mass is 15.0. The van der Waals surface area contributed by atoms with Crippen LogP contribution in [0.3, 0.4) is 0 Å². The van der Waals surface area contributed by atoms with Crippen molar-refractivity contribution in [3.8, 4) is 27.9 Å². The lowest BCUT2D eigenvalue weighted by atomic mass is 9.68. The molecule has 11 rings (SSSR count). The van der Waals surface area contributed by atoms with Crippen molar-refractivity contribution in [1.29, 1.82) is 0 Å². The smallest absolute Gasteiger partial charge is 0.0713 e. The summed E-state index contributed by atoms with van der Waals surface area (Å²) in [6.07, 6.45) is 0. The third kappa shape index (κ3) is 7.06. The fourth-order valence-electron chi connectivity index (χ4n) is 8.90. The summed E-state index contributed by atoms with van der Waals surface area (Å²) in [6.45, 7) is 6.33. The van der Waals surface area contributed by atoms with E-state index in [1.165, 1.54) is 88.7 Å². The van der Waals surface area contributed by atoms with Crippen molar-refractivity contribution in [1.82, 2.24) is 4.57 Å². The SMILES string of the molecule is Cc1cccc(-c2ccc3c4ccccc4n(-c4ccc5c(c4)-c4ccccc4C5(c4ccccc4)c4ccccc4)c3c2)c1.Cc1ccccc1.Cc1ccccc1. The van der Waals surface area contributed by atoms with Gasteiger partial charge in [-0.3, -0.25) is 0 Å². The molecule has 0 aliphatic heterocycles. The highest BCUT2D eigenvalue weighted by molar-refractivity contribution is 6.10. The van der Waals surface area contributed by atoms with Crippen LogP contribution in [0.2, 0.25) is 0 Å². The minimum Gasteiger partial charge on any atom is -0.309 e. The van der Waals surface area contributed by atoms with Gasteiger partial charge in [0, 0.05) is 16.5 Å². The predicted octanol–water partition coefficient (Wildman–Crippen LogP) is 15.1. The van der Waals surface area contributed by atoms with Crippen molar-refractivity contribution < 1.29 is 0 Å². The van der Waals surface area contributed by atoms with Gasteiger partial charge in [0.2, 0.25) is 0 Å². The largest absolute Gasteiger partial charge is 0.309 e. The van der Waals surface area contributed by atoms with Crippen molar-refractivity contribution in [2.45, 2.75) is 26.2 Å². The zero-order chi connectivity index (χ0) is 40.2. The summed E-state index contributed by atoms with van der Waals surface area (Å²) in [5.74, 6) is 0. The lowest BCUT2D eigenvalue weighted by molar-refractivity contribution is 0.768. The Hall–Kier alpha value is -7.22. The maximum absolute atomic E-state index is 2.46. The summed E-state index contributed by atoms with van der Waals surface area (Å²) in [6, 6.07) is 83.2. The summed E-state index contributed by atoms with van der Waals surface area (Å²) in [5, 5.41) is 2.54. The molecule has 0 N–H and O–H groups in total. The third-order valence-corrected chi connectivity index (χ3v) is 11.6. The minimum atomic E-state index is -0.397. The van der Waals surface area contributed by atoms with Gasteiger partial charge in [0.25, 0.3) is 0 Å². The lowest BCUT2D eigenvalue weighted by Gasteiger charge is -2.33. The van der Waals surface area contributed by atoms with Crippen LogP contribution in [0.1, 0.15) is 38.9 Å².